The van der Waals surface area contributed by atoms with Crippen LogP contribution in [0.2, 0.25) is 0 Å². The molecular formula is C19H23N3O2S. The number of anilines is 1. The van der Waals surface area contributed by atoms with Gasteiger partial charge in [0.2, 0.25) is 5.91 Å². The Hall–Kier alpha value is -2.18. The van der Waals surface area contributed by atoms with E-state index in [0.29, 0.717) is 5.13 Å². The molecule has 5 nitrogen and oxygen atoms in total. The van der Waals surface area contributed by atoms with Gasteiger partial charge in [0.25, 0.3) is 0 Å². The summed E-state index contributed by atoms with van der Waals surface area (Å²) in [6, 6.07) is 3.94. The zero-order chi connectivity index (χ0) is 18.0. The Morgan fingerprint density at radius 3 is 2.76 bits per heavy atom. The summed E-state index contributed by atoms with van der Waals surface area (Å²) in [5.41, 5.74) is 4.31. The van der Waals surface area contributed by atoms with Crippen LogP contribution in [0.15, 0.2) is 18.2 Å². The van der Waals surface area contributed by atoms with E-state index in [1.54, 1.807) is 24.5 Å². The van der Waals surface area contributed by atoms with Gasteiger partial charge in [-0.25, -0.2) is 4.98 Å². The number of aryl methyl sites for hydroxylation is 2. The molecule has 0 unspecified atom stereocenters. The fourth-order valence-corrected chi connectivity index (χ4v) is 4.09. The van der Waals surface area contributed by atoms with Gasteiger partial charge in [0, 0.05) is 30.5 Å². The number of rotatable bonds is 4. The van der Waals surface area contributed by atoms with Crippen molar-refractivity contribution >= 4 is 28.5 Å². The van der Waals surface area contributed by atoms with Crippen molar-refractivity contribution in [2.45, 2.75) is 26.8 Å². The molecule has 0 spiro atoms. The van der Waals surface area contributed by atoms with Gasteiger partial charge >= 0.3 is 0 Å². The summed E-state index contributed by atoms with van der Waals surface area (Å²) in [5, 5.41) is 3.56. The van der Waals surface area contributed by atoms with Gasteiger partial charge in [0.1, 0.15) is 5.75 Å². The molecule has 1 amide bonds. The number of aromatic nitrogens is 1. The Labute approximate surface area is 152 Å². The highest BCUT2D eigenvalue weighted by Gasteiger charge is 2.18. The zero-order valence-corrected chi connectivity index (χ0v) is 15.9. The molecule has 3 rings (SSSR count). The van der Waals surface area contributed by atoms with Gasteiger partial charge in [-0.15, -0.1) is 11.3 Å². The number of likely N-dealkylation sites (N-methyl/N-ethyl adjacent to an activating group) is 1. The van der Waals surface area contributed by atoms with Gasteiger partial charge < -0.3 is 9.64 Å². The van der Waals surface area contributed by atoms with Crippen molar-refractivity contribution in [3.63, 3.8) is 0 Å². The molecule has 1 aliphatic rings. The Kier molecular flexibility index (Phi) is 5.20. The lowest BCUT2D eigenvalue weighted by Gasteiger charge is -2.20. The second-order valence-electron chi connectivity index (χ2n) is 6.37. The van der Waals surface area contributed by atoms with Crippen LogP contribution in [-0.4, -0.2) is 36.5 Å². The predicted molar refractivity (Wildman–Crippen MR) is 102 cm³/mol. The Morgan fingerprint density at radius 2 is 2.08 bits per heavy atom. The summed E-state index contributed by atoms with van der Waals surface area (Å²) < 4.78 is 5.27. The van der Waals surface area contributed by atoms with Crippen LogP contribution in [0.4, 0.5) is 5.13 Å². The SMILES string of the molecule is COc1cc(C)c(/C=C/C(=O)Nc2nc3c(s2)CN(C)CC3)c(C)c1. The molecule has 25 heavy (non-hydrogen) atoms. The number of fused-ring (bicyclic) bond motifs is 1. The third kappa shape index (κ3) is 4.08. The number of thiazole rings is 1. The van der Waals surface area contributed by atoms with Crippen molar-refractivity contribution in [3.05, 3.63) is 45.5 Å². The lowest BCUT2D eigenvalue weighted by molar-refractivity contribution is -0.111. The maximum absolute atomic E-state index is 12.2. The number of amides is 1. The Balaban J connectivity index is 1.70. The molecule has 132 valence electrons. The first-order valence-corrected chi connectivity index (χ1v) is 9.09. The Bertz CT molecular complexity index is 803. The number of ether oxygens (including phenoxy) is 1. The molecular weight excluding hydrogens is 334 g/mol. The lowest BCUT2D eigenvalue weighted by atomic mass is 10.0. The van der Waals surface area contributed by atoms with Gasteiger partial charge in [0.15, 0.2) is 5.13 Å². The predicted octanol–water partition coefficient (Wildman–Crippen LogP) is 3.41. The molecule has 1 aliphatic heterocycles. The first-order chi connectivity index (χ1) is 12.0. The standard InChI is InChI=1S/C19H23N3O2S/c1-12-9-14(24-4)10-13(2)15(12)5-6-18(23)21-19-20-16-7-8-22(3)11-17(16)25-19/h5-6,9-10H,7-8,11H2,1-4H3,(H,20,21,23)/b6-5+. The molecule has 0 radical (unpaired) electrons. The number of hydrogen-bond acceptors (Lipinski definition) is 5. The topological polar surface area (TPSA) is 54.5 Å². The second kappa shape index (κ2) is 7.37. The molecule has 2 aromatic rings. The summed E-state index contributed by atoms with van der Waals surface area (Å²) in [5.74, 6) is 0.670. The maximum atomic E-state index is 12.2. The molecule has 2 heterocycles. The normalized spacial score (nSPS) is 14.6. The minimum absolute atomic E-state index is 0.158. The maximum Gasteiger partial charge on any atom is 0.250 e. The van der Waals surface area contributed by atoms with Crippen LogP contribution in [0.3, 0.4) is 0 Å². The highest BCUT2D eigenvalue weighted by molar-refractivity contribution is 7.15. The smallest absolute Gasteiger partial charge is 0.250 e. The highest BCUT2D eigenvalue weighted by atomic mass is 32.1. The van der Waals surface area contributed by atoms with Crippen molar-refractivity contribution in [1.82, 2.24) is 9.88 Å². The quantitative estimate of drug-likeness (QED) is 0.852. The van der Waals surface area contributed by atoms with Crippen molar-refractivity contribution in [2.24, 2.45) is 0 Å². The largest absolute Gasteiger partial charge is 0.497 e. The summed E-state index contributed by atoms with van der Waals surface area (Å²) >= 11 is 1.57. The van der Waals surface area contributed by atoms with Crippen molar-refractivity contribution in [1.29, 1.82) is 0 Å². The van der Waals surface area contributed by atoms with Crippen LogP contribution < -0.4 is 10.1 Å². The van der Waals surface area contributed by atoms with E-state index in [1.165, 1.54) is 4.88 Å². The van der Waals surface area contributed by atoms with E-state index >= 15 is 0 Å². The lowest BCUT2D eigenvalue weighted by Crippen LogP contribution is -2.25. The number of nitrogens with one attached hydrogen (secondary N) is 1. The number of methoxy groups -OCH3 is 1. The molecule has 6 heteroatoms. The van der Waals surface area contributed by atoms with Crippen molar-refractivity contribution in [3.8, 4) is 5.75 Å². The number of carbonyl (C=O) groups excluding carboxylic acids is 1. The first-order valence-electron chi connectivity index (χ1n) is 8.27. The fourth-order valence-electron chi connectivity index (χ4n) is 3.00. The summed E-state index contributed by atoms with van der Waals surface area (Å²) in [7, 11) is 3.76. The van der Waals surface area contributed by atoms with E-state index in [2.05, 4.69) is 22.2 Å². The van der Waals surface area contributed by atoms with Crippen molar-refractivity contribution in [2.75, 3.05) is 26.0 Å². The van der Waals surface area contributed by atoms with E-state index in [0.717, 1.165) is 47.6 Å². The second-order valence-corrected chi connectivity index (χ2v) is 7.46. The number of hydrogen-bond donors (Lipinski definition) is 1. The number of benzene rings is 1. The van der Waals surface area contributed by atoms with E-state index in [9.17, 15) is 4.79 Å². The third-order valence-corrected chi connectivity index (χ3v) is 5.35. The van der Waals surface area contributed by atoms with Gasteiger partial charge in [-0.3, -0.25) is 10.1 Å². The monoisotopic (exact) mass is 357 g/mol. The number of nitrogens with zero attached hydrogens (tertiary/aromatic N) is 2. The van der Waals surface area contributed by atoms with E-state index < -0.39 is 0 Å². The fraction of sp³-hybridized carbons (Fsp3) is 0.368. The van der Waals surface area contributed by atoms with Gasteiger partial charge in [-0.1, -0.05) is 0 Å². The van der Waals surface area contributed by atoms with Crippen LogP contribution in [0.1, 0.15) is 27.3 Å². The minimum atomic E-state index is -0.158. The Morgan fingerprint density at radius 1 is 1.36 bits per heavy atom. The molecule has 1 N–H and O–H groups in total. The van der Waals surface area contributed by atoms with Crippen LogP contribution in [0.5, 0.6) is 5.75 Å². The molecule has 0 saturated carbocycles. The third-order valence-electron chi connectivity index (χ3n) is 4.36. The van der Waals surface area contributed by atoms with Crippen LogP contribution in [0, 0.1) is 13.8 Å². The average molecular weight is 357 g/mol. The highest BCUT2D eigenvalue weighted by Crippen LogP contribution is 2.28. The molecule has 0 bridgehead atoms. The van der Waals surface area contributed by atoms with Gasteiger partial charge in [0.05, 0.1) is 12.8 Å². The molecule has 0 aliphatic carbocycles. The average Bonchev–Trinajstić information content (AvgIpc) is 2.94. The molecule has 0 saturated heterocycles. The van der Waals surface area contributed by atoms with Crippen LogP contribution in [0.25, 0.3) is 6.08 Å². The van der Waals surface area contributed by atoms with Crippen LogP contribution >= 0.6 is 11.3 Å². The molecule has 1 aromatic heterocycles. The van der Waals surface area contributed by atoms with E-state index in [-0.39, 0.29) is 5.91 Å². The molecule has 1 aromatic carbocycles. The van der Waals surface area contributed by atoms with Crippen LogP contribution in [-0.2, 0) is 17.8 Å². The first kappa shape index (κ1) is 17.6. The molecule has 0 fully saturated rings. The van der Waals surface area contributed by atoms with Gasteiger partial charge in [-0.2, -0.15) is 0 Å². The summed E-state index contributed by atoms with van der Waals surface area (Å²) in [6.07, 6.45) is 4.35. The minimum Gasteiger partial charge on any atom is -0.497 e. The van der Waals surface area contributed by atoms with Crippen molar-refractivity contribution < 1.29 is 9.53 Å². The van der Waals surface area contributed by atoms with Gasteiger partial charge in [-0.05, 0) is 55.8 Å². The van der Waals surface area contributed by atoms with E-state index in [4.69, 9.17) is 4.74 Å². The summed E-state index contributed by atoms with van der Waals surface area (Å²) in [4.78, 5) is 20.3. The van der Waals surface area contributed by atoms with E-state index in [1.807, 2.05) is 32.1 Å². The summed E-state index contributed by atoms with van der Waals surface area (Å²) in [6.45, 7) is 5.94. The number of carbonyl (C=O) groups is 1. The molecule has 0 atom stereocenters. The zero-order valence-electron chi connectivity index (χ0n) is 15.0.